The third kappa shape index (κ3) is 6.72. The second-order valence-corrected chi connectivity index (χ2v) is 10.3. The number of aromatic carboxylic acids is 1. The van der Waals surface area contributed by atoms with Crippen LogP contribution in [0.1, 0.15) is 35.5 Å². The lowest BCUT2D eigenvalue weighted by molar-refractivity contribution is -0.143. The molecule has 44 heavy (non-hydrogen) atoms. The highest BCUT2D eigenvalue weighted by Crippen LogP contribution is 2.35. The number of para-hydroxylation sites is 1. The summed E-state index contributed by atoms with van der Waals surface area (Å²) < 4.78 is 67.7. The highest BCUT2D eigenvalue weighted by molar-refractivity contribution is 5.89. The standard InChI is InChI=1S/C33H27F4N3O4/c1-20(2)18-43-29-16-22(21-12-14-24(34)15-13-21)10-11-23(29)19-44-28-8-4-3-6-25(28)27-7-5-9-30(39-27)40-31(33(35,36)37)26(17-38-40)32(41)42/h3-17,20H,18-19H2,1-2H3,(H,41,42). The first-order valence-electron chi connectivity index (χ1n) is 13.6. The zero-order valence-electron chi connectivity index (χ0n) is 23.7. The fourth-order valence-electron chi connectivity index (χ4n) is 4.49. The minimum atomic E-state index is -4.98. The van der Waals surface area contributed by atoms with E-state index in [0.29, 0.717) is 40.2 Å². The maximum absolute atomic E-state index is 13.8. The number of benzene rings is 3. The van der Waals surface area contributed by atoms with Crippen LogP contribution < -0.4 is 9.47 Å². The smallest absolute Gasteiger partial charge is 0.434 e. The van der Waals surface area contributed by atoms with Gasteiger partial charge in [0.15, 0.2) is 11.5 Å². The molecule has 0 amide bonds. The molecule has 2 aromatic heterocycles. The molecule has 3 aromatic carbocycles. The van der Waals surface area contributed by atoms with Gasteiger partial charge in [-0.3, -0.25) is 0 Å². The van der Waals surface area contributed by atoms with Crippen molar-refractivity contribution in [2.45, 2.75) is 26.6 Å². The van der Waals surface area contributed by atoms with Gasteiger partial charge < -0.3 is 14.6 Å². The number of ether oxygens (including phenoxy) is 2. The van der Waals surface area contributed by atoms with Crippen molar-refractivity contribution in [2.75, 3.05) is 6.61 Å². The maximum Gasteiger partial charge on any atom is 0.434 e. The second-order valence-electron chi connectivity index (χ2n) is 10.3. The molecule has 5 aromatic rings. The molecule has 11 heteroatoms. The summed E-state index contributed by atoms with van der Waals surface area (Å²) in [5, 5.41) is 12.9. The summed E-state index contributed by atoms with van der Waals surface area (Å²) >= 11 is 0. The van der Waals surface area contributed by atoms with E-state index in [0.717, 1.165) is 16.7 Å². The summed E-state index contributed by atoms with van der Waals surface area (Å²) in [6.45, 7) is 4.62. The molecule has 226 valence electrons. The highest BCUT2D eigenvalue weighted by atomic mass is 19.4. The van der Waals surface area contributed by atoms with Gasteiger partial charge in [0, 0.05) is 11.1 Å². The Labute approximate surface area is 250 Å². The van der Waals surface area contributed by atoms with Crippen molar-refractivity contribution in [3.8, 4) is 39.7 Å². The van der Waals surface area contributed by atoms with Gasteiger partial charge in [-0.05, 0) is 59.5 Å². The number of carbonyl (C=O) groups is 1. The largest absolute Gasteiger partial charge is 0.493 e. The number of aromatic nitrogens is 3. The molecular weight excluding hydrogens is 578 g/mol. The molecule has 0 fully saturated rings. The molecule has 0 spiro atoms. The summed E-state index contributed by atoms with van der Waals surface area (Å²) in [6, 6.07) is 23.1. The molecule has 0 aliphatic heterocycles. The van der Waals surface area contributed by atoms with E-state index in [1.54, 1.807) is 42.5 Å². The fraction of sp³-hybridized carbons (Fsp3) is 0.182. The van der Waals surface area contributed by atoms with Crippen molar-refractivity contribution >= 4 is 5.97 Å². The topological polar surface area (TPSA) is 86.5 Å². The van der Waals surface area contributed by atoms with Gasteiger partial charge in [0.05, 0.1) is 18.5 Å². The van der Waals surface area contributed by atoms with Gasteiger partial charge in [0.1, 0.15) is 29.5 Å². The van der Waals surface area contributed by atoms with E-state index in [2.05, 4.69) is 10.1 Å². The van der Waals surface area contributed by atoms with Crippen LogP contribution in [0.3, 0.4) is 0 Å². The van der Waals surface area contributed by atoms with Crippen LogP contribution in [0.15, 0.2) is 91.1 Å². The lowest BCUT2D eigenvalue weighted by Gasteiger charge is -2.17. The van der Waals surface area contributed by atoms with Crippen LogP contribution in [0.5, 0.6) is 11.5 Å². The Balaban J connectivity index is 1.45. The number of alkyl halides is 3. The Morgan fingerprint density at radius 1 is 0.909 bits per heavy atom. The Morgan fingerprint density at radius 2 is 1.64 bits per heavy atom. The first kappa shape index (κ1) is 30.3. The summed E-state index contributed by atoms with van der Waals surface area (Å²) in [6.07, 6.45) is -4.33. The molecule has 0 unspecified atom stereocenters. The molecule has 0 radical (unpaired) electrons. The molecule has 1 N–H and O–H groups in total. The number of carboxylic acids is 1. The Bertz CT molecular complexity index is 1780. The highest BCUT2D eigenvalue weighted by Gasteiger charge is 2.41. The van der Waals surface area contributed by atoms with Crippen LogP contribution in [0.4, 0.5) is 17.6 Å². The number of rotatable bonds is 10. The Hall–Kier alpha value is -5.19. The van der Waals surface area contributed by atoms with Gasteiger partial charge in [0.2, 0.25) is 0 Å². The number of halogens is 4. The van der Waals surface area contributed by atoms with Crippen LogP contribution in [0, 0.1) is 11.7 Å². The van der Waals surface area contributed by atoms with Crippen LogP contribution in [0.2, 0.25) is 0 Å². The molecule has 7 nitrogen and oxygen atoms in total. The molecule has 0 aliphatic carbocycles. The van der Waals surface area contributed by atoms with Gasteiger partial charge >= 0.3 is 12.1 Å². The normalized spacial score (nSPS) is 11.5. The van der Waals surface area contributed by atoms with Crippen LogP contribution in [-0.4, -0.2) is 32.4 Å². The predicted molar refractivity (Wildman–Crippen MR) is 155 cm³/mol. The van der Waals surface area contributed by atoms with Gasteiger partial charge in [-0.15, -0.1) is 0 Å². The lowest BCUT2D eigenvalue weighted by Crippen LogP contribution is -2.18. The minimum Gasteiger partial charge on any atom is -0.493 e. The Kier molecular flexibility index (Phi) is 8.66. The van der Waals surface area contributed by atoms with Crippen molar-refractivity contribution in [1.29, 1.82) is 0 Å². The zero-order chi connectivity index (χ0) is 31.4. The van der Waals surface area contributed by atoms with Crippen LogP contribution >= 0.6 is 0 Å². The molecular formula is C33H27F4N3O4. The van der Waals surface area contributed by atoms with E-state index in [4.69, 9.17) is 9.47 Å². The van der Waals surface area contributed by atoms with E-state index >= 15 is 0 Å². The van der Waals surface area contributed by atoms with Crippen LogP contribution in [0.25, 0.3) is 28.2 Å². The maximum atomic E-state index is 13.8. The van der Waals surface area contributed by atoms with Crippen molar-refractivity contribution in [2.24, 2.45) is 5.92 Å². The lowest BCUT2D eigenvalue weighted by atomic mass is 10.0. The van der Waals surface area contributed by atoms with E-state index in [9.17, 15) is 27.5 Å². The van der Waals surface area contributed by atoms with Gasteiger partial charge in [-0.1, -0.05) is 56.3 Å². The van der Waals surface area contributed by atoms with Crippen molar-refractivity contribution in [3.05, 3.63) is 114 Å². The number of pyridine rings is 1. The van der Waals surface area contributed by atoms with Crippen molar-refractivity contribution < 1.29 is 36.9 Å². The average molecular weight is 606 g/mol. The fourth-order valence-corrected chi connectivity index (χ4v) is 4.49. The number of hydrogen-bond donors (Lipinski definition) is 1. The van der Waals surface area contributed by atoms with Gasteiger partial charge in [0.25, 0.3) is 0 Å². The van der Waals surface area contributed by atoms with E-state index in [1.807, 2.05) is 32.0 Å². The summed E-state index contributed by atoms with van der Waals surface area (Å²) in [5.41, 5.74) is 0.803. The monoisotopic (exact) mass is 605 g/mol. The second kappa shape index (κ2) is 12.6. The molecule has 0 atom stereocenters. The van der Waals surface area contributed by atoms with Gasteiger partial charge in [-0.2, -0.15) is 18.3 Å². The third-order valence-electron chi connectivity index (χ3n) is 6.58. The Morgan fingerprint density at radius 3 is 2.34 bits per heavy atom. The summed E-state index contributed by atoms with van der Waals surface area (Å²) in [5.74, 6) is -1.01. The predicted octanol–water partition coefficient (Wildman–Crippen LogP) is 8.07. The van der Waals surface area contributed by atoms with E-state index < -0.39 is 23.4 Å². The molecule has 0 saturated carbocycles. The molecule has 2 heterocycles. The van der Waals surface area contributed by atoms with Crippen LogP contribution in [-0.2, 0) is 12.8 Å². The number of nitrogens with zero attached hydrogens (tertiary/aromatic N) is 3. The first-order chi connectivity index (χ1) is 21.0. The van der Waals surface area contributed by atoms with Crippen molar-refractivity contribution in [1.82, 2.24) is 14.8 Å². The summed E-state index contributed by atoms with van der Waals surface area (Å²) in [7, 11) is 0. The average Bonchev–Trinajstić information content (AvgIpc) is 3.47. The first-order valence-corrected chi connectivity index (χ1v) is 13.6. The number of hydrogen-bond acceptors (Lipinski definition) is 5. The number of carboxylic acid groups (broad SMARTS) is 1. The van der Waals surface area contributed by atoms with Gasteiger partial charge in [-0.25, -0.2) is 18.9 Å². The van der Waals surface area contributed by atoms with Crippen molar-refractivity contribution in [3.63, 3.8) is 0 Å². The molecule has 0 bridgehead atoms. The van der Waals surface area contributed by atoms with E-state index in [-0.39, 0.29) is 24.2 Å². The van der Waals surface area contributed by atoms with E-state index in [1.165, 1.54) is 24.3 Å². The zero-order valence-corrected chi connectivity index (χ0v) is 23.7. The molecule has 5 rings (SSSR count). The quantitative estimate of drug-likeness (QED) is 0.162. The molecule has 0 saturated heterocycles. The third-order valence-corrected chi connectivity index (χ3v) is 6.58. The minimum absolute atomic E-state index is 0.104. The summed E-state index contributed by atoms with van der Waals surface area (Å²) in [4.78, 5) is 15.8. The molecule has 0 aliphatic rings. The SMILES string of the molecule is CC(C)COc1cc(-c2ccc(F)cc2)ccc1COc1ccccc1-c1cccc(-n2ncc(C(=O)O)c2C(F)(F)F)n1.